The van der Waals surface area contributed by atoms with E-state index in [2.05, 4.69) is 10.2 Å². The summed E-state index contributed by atoms with van der Waals surface area (Å²) >= 11 is 0. The Labute approximate surface area is 102 Å². The highest BCUT2D eigenvalue weighted by atomic mass is 16.5. The summed E-state index contributed by atoms with van der Waals surface area (Å²) in [4.78, 5) is 22.8. The van der Waals surface area contributed by atoms with Gasteiger partial charge in [-0.25, -0.2) is 4.79 Å². The molecular formula is C12H10N2O4. The van der Waals surface area contributed by atoms with E-state index in [9.17, 15) is 9.59 Å². The molecule has 18 heavy (non-hydrogen) atoms. The van der Waals surface area contributed by atoms with E-state index in [-0.39, 0.29) is 11.4 Å². The number of aromatic amines is 1. The molecule has 92 valence electrons. The molecule has 6 heteroatoms. The minimum Gasteiger partial charge on any atom is -0.496 e. The number of aromatic nitrogens is 2. The Bertz CT molecular complexity index is 604. The van der Waals surface area contributed by atoms with Gasteiger partial charge in [0, 0.05) is 6.07 Å². The molecule has 1 heterocycles. The summed E-state index contributed by atoms with van der Waals surface area (Å²) in [5.41, 5.74) is 0.244. The van der Waals surface area contributed by atoms with Crippen LogP contribution in [0.2, 0.25) is 0 Å². The summed E-state index contributed by atoms with van der Waals surface area (Å²) in [7, 11) is 1.46. The van der Waals surface area contributed by atoms with E-state index in [1.165, 1.54) is 13.2 Å². The first kappa shape index (κ1) is 11.8. The number of benzene rings is 1. The molecule has 0 aliphatic heterocycles. The highest BCUT2D eigenvalue weighted by Gasteiger charge is 2.18. The second-order valence-electron chi connectivity index (χ2n) is 3.50. The third-order valence-corrected chi connectivity index (χ3v) is 2.39. The van der Waals surface area contributed by atoms with E-state index in [0.717, 1.165) is 0 Å². The standard InChI is InChI=1S/C12H10N2O4/c1-18-10-5-3-2-4-7(10)11(15)8-6-9(12(16)17)14-13-8/h2-6H,1H3,(H,13,14)(H,16,17). The van der Waals surface area contributed by atoms with Gasteiger partial charge in [0.2, 0.25) is 5.78 Å². The minimum absolute atomic E-state index is 0.0388. The summed E-state index contributed by atoms with van der Waals surface area (Å²) in [5.74, 6) is -1.14. The van der Waals surface area contributed by atoms with Crippen LogP contribution in [0.5, 0.6) is 5.75 Å². The number of para-hydroxylation sites is 1. The fraction of sp³-hybridized carbons (Fsp3) is 0.0833. The molecule has 2 aromatic rings. The van der Waals surface area contributed by atoms with Crippen LogP contribution in [0.4, 0.5) is 0 Å². The first-order valence-corrected chi connectivity index (χ1v) is 5.10. The van der Waals surface area contributed by atoms with Crippen molar-refractivity contribution in [1.29, 1.82) is 0 Å². The third kappa shape index (κ3) is 2.08. The highest BCUT2D eigenvalue weighted by molar-refractivity contribution is 6.10. The fourth-order valence-corrected chi connectivity index (χ4v) is 1.52. The van der Waals surface area contributed by atoms with Crippen molar-refractivity contribution in [2.45, 2.75) is 0 Å². The van der Waals surface area contributed by atoms with Gasteiger partial charge in [0.25, 0.3) is 0 Å². The molecule has 0 aliphatic rings. The van der Waals surface area contributed by atoms with E-state index in [1.54, 1.807) is 24.3 Å². The number of carbonyl (C=O) groups is 2. The van der Waals surface area contributed by atoms with Gasteiger partial charge < -0.3 is 9.84 Å². The monoisotopic (exact) mass is 246 g/mol. The molecule has 2 rings (SSSR count). The number of carboxylic acid groups (broad SMARTS) is 1. The van der Waals surface area contributed by atoms with Crippen molar-refractivity contribution in [2.75, 3.05) is 7.11 Å². The average Bonchev–Trinajstić information content (AvgIpc) is 2.87. The maximum absolute atomic E-state index is 12.1. The lowest BCUT2D eigenvalue weighted by atomic mass is 10.1. The number of hydrogen-bond acceptors (Lipinski definition) is 4. The van der Waals surface area contributed by atoms with Crippen LogP contribution in [-0.2, 0) is 0 Å². The molecule has 0 radical (unpaired) electrons. The van der Waals surface area contributed by atoms with Crippen molar-refractivity contribution in [3.8, 4) is 5.75 Å². The minimum atomic E-state index is -1.17. The fourth-order valence-electron chi connectivity index (χ4n) is 1.52. The van der Waals surface area contributed by atoms with Crippen LogP contribution in [-0.4, -0.2) is 34.2 Å². The lowest BCUT2D eigenvalue weighted by molar-refractivity contribution is 0.0690. The van der Waals surface area contributed by atoms with Gasteiger partial charge in [-0.2, -0.15) is 5.10 Å². The normalized spacial score (nSPS) is 10.1. The van der Waals surface area contributed by atoms with Gasteiger partial charge in [0.15, 0.2) is 0 Å². The number of rotatable bonds is 4. The Kier molecular flexibility index (Phi) is 3.09. The molecule has 0 saturated heterocycles. The van der Waals surface area contributed by atoms with E-state index in [4.69, 9.17) is 9.84 Å². The Balaban J connectivity index is 2.38. The number of nitrogens with zero attached hydrogens (tertiary/aromatic N) is 1. The van der Waals surface area contributed by atoms with Crippen molar-refractivity contribution in [3.05, 3.63) is 47.3 Å². The first-order chi connectivity index (χ1) is 8.63. The van der Waals surface area contributed by atoms with Crippen LogP contribution < -0.4 is 4.74 Å². The molecule has 2 N–H and O–H groups in total. The molecule has 0 spiro atoms. The Morgan fingerprint density at radius 1 is 1.33 bits per heavy atom. The summed E-state index contributed by atoms with van der Waals surface area (Å²) in [6, 6.07) is 7.87. The van der Waals surface area contributed by atoms with Crippen LogP contribution in [0, 0.1) is 0 Å². The SMILES string of the molecule is COc1ccccc1C(=O)c1cc(C(=O)O)[nH]n1. The summed E-state index contributed by atoms with van der Waals surface area (Å²) in [6.07, 6.45) is 0. The molecular weight excluding hydrogens is 236 g/mol. The van der Waals surface area contributed by atoms with Crippen molar-refractivity contribution in [2.24, 2.45) is 0 Å². The van der Waals surface area contributed by atoms with Crippen LogP contribution in [0.3, 0.4) is 0 Å². The van der Waals surface area contributed by atoms with Crippen molar-refractivity contribution < 1.29 is 19.4 Å². The summed E-state index contributed by atoms with van der Waals surface area (Å²) < 4.78 is 5.07. The van der Waals surface area contributed by atoms with Gasteiger partial charge >= 0.3 is 5.97 Å². The first-order valence-electron chi connectivity index (χ1n) is 5.10. The van der Waals surface area contributed by atoms with Gasteiger partial charge in [-0.3, -0.25) is 9.89 Å². The number of hydrogen-bond donors (Lipinski definition) is 2. The molecule has 0 bridgehead atoms. The highest BCUT2D eigenvalue weighted by Crippen LogP contribution is 2.20. The van der Waals surface area contributed by atoms with Crippen molar-refractivity contribution in [1.82, 2.24) is 10.2 Å². The smallest absolute Gasteiger partial charge is 0.353 e. The third-order valence-electron chi connectivity index (χ3n) is 2.39. The molecule has 0 saturated carbocycles. The van der Waals surface area contributed by atoms with Crippen LogP contribution in [0.25, 0.3) is 0 Å². The maximum Gasteiger partial charge on any atom is 0.353 e. The number of ether oxygens (including phenoxy) is 1. The molecule has 6 nitrogen and oxygen atoms in total. The summed E-state index contributed by atoms with van der Waals surface area (Å²) in [6.45, 7) is 0. The number of aromatic carboxylic acids is 1. The summed E-state index contributed by atoms with van der Waals surface area (Å²) in [5, 5.41) is 14.7. The lowest BCUT2D eigenvalue weighted by Gasteiger charge is -2.04. The van der Waals surface area contributed by atoms with Gasteiger partial charge in [0.1, 0.15) is 17.1 Å². The molecule has 0 unspecified atom stereocenters. The van der Waals surface area contributed by atoms with Gasteiger partial charge in [-0.1, -0.05) is 12.1 Å². The Morgan fingerprint density at radius 3 is 2.67 bits per heavy atom. The zero-order valence-corrected chi connectivity index (χ0v) is 9.51. The number of carbonyl (C=O) groups excluding carboxylic acids is 1. The van der Waals surface area contributed by atoms with Gasteiger partial charge in [0.05, 0.1) is 12.7 Å². The second-order valence-corrected chi connectivity index (χ2v) is 3.50. The van der Waals surface area contributed by atoms with Crippen molar-refractivity contribution in [3.63, 3.8) is 0 Å². The molecule has 1 aromatic heterocycles. The van der Waals surface area contributed by atoms with E-state index in [0.29, 0.717) is 11.3 Å². The number of nitrogens with one attached hydrogen (secondary N) is 1. The average molecular weight is 246 g/mol. The number of H-pyrrole nitrogens is 1. The Hall–Kier alpha value is -2.63. The quantitative estimate of drug-likeness (QED) is 0.794. The van der Waals surface area contributed by atoms with Crippen LogP contribution >= 0.6 is 0 Å². The van der Waals surface area contributed by atoms with E-state index in [1.807, 2.05) is 0 Å². The van der Waals surface area contributed by atoms with Gasteiger partial charge in [-0.05, 0) is 12.1 Å². The molecule has 0 atom stereocenters. The van der Waals surface area contributed by atoms with Crippen molar-refractivity contribution >= 4 is 11.8 Å². The van der Waals surface area contributed by atoms with Crippen LogP contribution in [0.15, 0.2) is 30.3 Å². The Morgan fingerprint density at radius 2 is 2.06 bits per heavy atom. The lowest BCUT2D eigenvalue weighted by Crippen LogP contribution is -2.04. The molecule has 0 aliphatic carbocycles. The van der Waals surface area contributed by atoms with Crippen LogP contribution in [0.1, 0.15) is 26.5 Å². The molecule has 1 aromatic carbocycles. The number of ketones is 1. The predicted molar refractivity (Wildman–Crippen MR) is 62.0 cm³/mol. The second kappa shape index (κ2) is 4.70. The molecule has 0 fully saturated rings. The number of methoxy groups -OCH3 is 1. The maximum atomic E-state index is 12.1. The largest absolute Gasteiger partial charge is 0.496 e. The van der Waals surface area contributed by atoms with Gasteiger partial charge in [-0.15, -0.1) is 0 Å². The zero-order valence-electron chi connectivity index (χ0n) is 9.51. The van der Waals surface area contributed by atoms with E-state index < -0.39 is 11.8 Å². The number of carboxylic acids is 1. The predicted octanol–water partition coefficient (Wildman–Crippen LogP) is 1.35. The van der Waals surface area contributed by atoms with E-state index >= 15 is 0 Å². The zero-order chi connectivity index (χ0) is 13.1. The molecule has 0 amide bonds. The topological polar surface area (TPSA) is 92.3 Å².